The van der Waals surface area contributed by atoms with Gasteiger partial charge in [0.1, 0.15) is 5.82 Å². The smallest absolute Gasteiger partial charge is 0.124 e. The molecule has 1 unspecified atom stereocenters. The molecule has 0 aromatic heterocycles. The highest BCUT2D eigenvalue weighted by molar-refractivity contribution is 9.10. The van der Waals surface area contributed by atoms with Crippen LogP contribution < -0.4 is 0 Å². The second kappa shape index (κ2) is 5.91. The first-order chi connectivity index (χ1) is 8.19. The summed E-state index contributed by atoms with van der Waals surface area (Å²) in [7, 11) is 0. The predicted octanol–water partition coefficient (Wildman–Crippen LogP) is 1.78. The third kappa shape index (κ3) is 3.48. The van der Waals surface area contributed by atoms with Crippen LogP contribution in [0.2, 0.25) is 0 Å². The van der Waals surface area contributed by atoms with Gasteiger partial charge < -0.3 is 9.84 Å². The molecule has 1 saturated heterocycles. The van der Waals surface area contributed by atoms with Crippen LogP contribution in [0, 0.1) is 5.82 Å². The summed E-state index contributed by atoms with van der Waals surface area (Å²) in [5.41, 5.74) is 0.900. The molecule has 17 heavy (non-hydrogen) atoms. The Balaban J connectivity index is 2.08. The number of nitrogens with zero attached hydrogens (tertiary/aromatic N) is 1. The molecule has 0 bridgehead atoms. The van der Waals surface area contributed by atoms with Crippen LogP contribution in [-0.2, 0) is 11.3 Å². The lowest BCUT2D eigenvalue weighted by Crippen LogP contribution is -2.46. The third-order valence-electron chi connectivity index (χ3n) is 2.87. The monoisotopic (exact) mass is 303 g/mol. The number of rotatable bonds is 3. The highest BCUT2D eigenvalue weighted by Crippen LogP contribution is 2.18. The topological polar surface area (TPSA) is 32.7 Å². The average Bonchev–Trinajstić information content (AvgIpc) is 2.28. The standard InChI is InChI=1S/C12H15BrFNO2/c13-10-3-9(4-11(14)5-10)6-15-1-2-17-8-12(15)7-16/h3-5,12,16H,1-2,6-8H2. The van der Waals surface area contributed by atoms with Crippen molar-refractivity contribution < 1.29 is 14.2 Å². The zero-order chi connectivity index (χ0) is 12.3. The fraction of sp³-hybridized carbons (Fsp3) is 0.500. The minimum atomic E-state index is -0.247. The average molecular weight is 304 g/mol. The van der Waals surface area contributed by atoms with E-state index in [2.05, 4.69) is 20.8 Å². The molecule has 0 saturated carbocycles. The number of hydrogen-bond donors (Lipinski definition) is 1. The molecule has 94 valence electrons. The molecule has 5 heteroatoms. The first-order valence-electron chi connectivity index (χ1n) is 5.56. The molecule has 1 aliphatic heterocycles. The van der Waals surface area contributed by atoms with Crippen LogP contribution in [0.4, 0.5) is 4.39 Å². The van der Waals surface area contributed by atoms with Crippen LogP contribution in [0.25, 0.3) is 0 Å². The highest BCUT2D eigenvalue weighted by atomic mass is 79.9. The number of morpholine rings is 1. The summed E-state index contributed by atoms with van der Waals surface area (Å²) in [4.78, 5) is 2.12. The maximum atomic E-state index is 13.2. The lowest BCUT2D eigenvalue weighted by Gasteiger charge is -2.34. The third-order valence-corrected chi connectivity index (χ3v) is 3.33. The predicted molar refractivity (Wildman–Crippen MR) is 66.2 cm³/mol. The van der Waals surface area contributed by atoms with Gasteiger partial charge in [-0.2, -0.15) is 0 Å². The van der Waals surface area contributed by atoms with Gasteiger partial charge in [0.15, 0.2) is 0 Å². The summed E-state index contributed by atoms with van der Waals surface area (Å²) in [5.74, 6) is -0.247. The Morgan fingerprint density at radius 1 is 1.47 bits per heavy atom. The Bertz CT molecular complexity index is 369. The molecule has 2 rings (SSSR count). The molecule has 0 radical (unpaired) electrons. The van der Waals surface area contributed by atoms with Crippen molar-refractivity contribution in [2.24, 2.45) is 0 Å². The van der Waals surface area contributed by atoms with E-state index in [0.717, 1.165) is 16.6 Å². The van der Waals surface area contributed by atoms with Gasteiger partial charge in [-0.3, -0.25) is 4.90 Å². The zero-order valence-corrected chi connectivity index (χ0v) is 11.0. The largest absolute Gasteiger partial charge is 0.395 e. The number of halogens is 2. The van der Waals surface area contributed by atoms with Crippen molar-refractivity contribution in [2.75, 3.05) is 26.4 Å². The van der Waals surface area contributed by atoms with Crippen LogP contribution >= 0.6 is 15.9 Å². The van der Waals surface area contributed by atoms with Crippen molar-refractivity contribution in [3.8, 4) is 0 Å². The molecule has 1 fully saturated rings. The normalized spacial score (nSPS) is 21.7. The van der Waals surface area contributed by atoms with E-state index in [4.69, 9.17) is 4.74 Å². The molecule has 1 aliphatic rings. The Hall–Kier alpha value is -0.490. The summed E-state index contributed by atoms with van der Waals surface area (Å²) in [6, 6.07) is 4.86. The SMILES string of the molecule is OCC1COCCN1Cc1cc(F)cc(Br)c1. The van der Waals surface area contributed by atoms with Crippen molar-refractivity contribution >= 4 is 15.9 Å². The second-order valence-corrected chi connectivity index (χ2v) is 5.08. The quantitative estimate of drug-likeness (QED) is 0.924. The van der Waals surface area contributed by atoms with Crippen molar-refractivity contribution in [1.29, 1.82) is 0 Å². The van der Waals surface area contributed by atoms with Gasteiger partial charge in [-0.1, -0.05) is 15.9 Å². The Morgan fingerprint density at radius 2 is 2.29 bits per heavy atom. The Labute approximate surface area is 108 Å². The number of aliphatic hydroxyl groups excluding tert-OH is 1. The van der Waals surface area contributed by atoms with Crippen molar-refractivity contribution in [2.45, 2.75) is 12.6 Å². The van der Waals surface area contributed by atoms with E-state index < -0.39 is 0 Å². The van der Waals surface area contributed by atoms with E-state index in [1.165, 1.54) is 12.1 Å². The van der Waals surface area contributed by atoms with Crippen LogP contribution in [0.5, 0.6) is 0 Å². The van der Waals surface area contributed by atoms with Crippen molar-refractivity contribution in [1.82, 2.24) is 4.90 Å². The molecular weight excluding hydrogens is 289 g/mol. The lowest BCUT2D eigenvalue weighted by molar-refractivity contribution is -0.0312. The molecule has 0 aliphatic carbocycles. The molecule has 3 nitrogen and oxygen atoms in total. The first-order valence-corrected chi connectivity index (χ1v) is 6.36. The van der Waals surface area contributed by atoms with Crippen LogP contribution in [0.3, 0.4) is 0 Å². The minimum Gasteiger partial charge on any atom is -0.395 e. The maximum Gasteiger partial charge on any atom is 0.124 e. The molecule has 1 aromatic rings. The summed E-state index contributed by atoms with van der Waals surface area (Å²) in [6.07, 6.45) is 0. The lowest BCUT2D eigenvalue weighted by atomic mass is 10.1. The summed E-state index contributed by atoms with van der Waals surface area (Å²) < 4.78 is 19.3. The Kier molecular flexibility index (Phi) is 4.50. The number of benzene rings is 1. The van der Waals surface area contributed by atoms with Crippen LogP contribution in [-0.4, -0.2) is 42.4 Å². The summed E-state index contributed by atoms with van der Waals surface area (Å²) in [6.45, 7) is 2.65. The second-order valence-electron chi connectivity index (χ2n) is 4.16. The first kappa shape index (κ1) is 13.0. The van der Waals surface area contributed by atoms with Crippen LogP contribution in [0.15, 0.2) is 22.7 Å². The number of hydrogen-bond acceptors (Lipinski definition) is 3. The van der Waals surface area contributed by atoms with Gasteiger partial charge >= 0.3 is 0 Å². The van der Waals surface area contributed by atoms with Gasteiger partial charge in [-0.05, 0) is 23.8 Å². The number of aliphatic hydroxyl groups is 1. The number of ether oxygens (including phenoxy) is 1. The summed E-state index contributed by atoms with van der Waals surface area (Å²) >= 11 is 3.28. The van der Waals surface area contributed by atoms with E-state index >= 15 is 0 Å². The van der Waals surface area contributed by atoms with E-state index in [1.807, 2.05) is 6.07 Å². The van der Waals surface area contributed by atoms with E-state index in [0.29, 0.717) is 19.8 Å². The minimum absolute atomic E-state index is 0.00536. The van der Waals surface area contributed by atoms with Gasteiger partial charge in [-0.15, -0.1) is 0 Å². The van der Waals surface area contributed by atoms with Crippen molar-refractivity contribution in [3.05, 3.63) is 34.1 Å². The van der Waals surface area contributed by atoms with E-state index in [-0.39, 0.29) is 18.5 Å². The fourth-order valence-corrected chi connectivity index (χ4v) is 2.51. The molecular formula is C12H15BrFNO2. The fourth-order valence-electron chi connectivity index (χ4n) is 2.00. The van der Waals surface area contributed by atoms with Gasteiger partial charge in [0.25, 0.3) is 0 Å². The van der Waals surface area contributed by atoms with Gasteiger partial charge in [0, 0.05) is 17.6 Å². The molecule has 1 N–H and O–H groups in total. The molecule has 1 atom stereocenters. The molecule has 0 spiro atoms. The van der Waals surface area contributed by atoms with Crippen molar-refractivity contribution in [3.63, 3.8) is 0 Å². The van der Waals surface area contributed by atoms with E-state index in [1.54, 1.807) is 0 Å². The molecule has 0 amide bonds. The van der Waals surface area contributed by atoms with Gasteiger partial charge in [0.05, 0.1) is 25.9 Å². The highest BCUT2D eigenvalue weighted by Gasteiger charge is 2.22. The van der Waals surface area contributed by atoms with E-state index in [9.17, 15) is 9.50 Å². The molecule has 1 aromatic carbocycles. The van der Waals surface area contributed by atoms with Gasteiger partial charge in [0.2, 0.25) is 0 Å². The maximum absolute atomic E-state index is 13.2. The Morgan fingerprint density at radius 3 is 3.00 bits per heavy atom. The molecule has 1 heterocycles. The zero-order valence-electron chi connectivity index (χ0n) is 9.40. The van der Waals surface area contributed by atoms with Crippen LogP contribution in [0.1, 0.15) is 5.56 Å². The van der Waals surface area contributed by atoms with Gasteiger partial charge in [-0.25, -0.2) is 4.39 Å². The summed E-state index contributed by atoms with van der Waals surface area (Å²) in [5, 5.41) is 9.24.